The summed E-state index contributed by atoms with van der Waals surface area (Å²) < 4.78 is 5.38. The molecule has 4 heteroatoms. The first kappa shape index (κ1) is 13.2. The van der Waals surface area contributed by atoms with Crippen LogP contribution in [0, 0.1) is 0 Å². The summed E-state index contributed by atoms with van der Waals surface area (Å²) in [6, 6.07) is 4.25. The third-order valence-corrected chi connectivity index (χ3v) is 2.75. The fraction of sp³-hybridized carbons (Fsp3) is 0.667. The van der Waals surface area contributed by atoms with Gasteiger partial charge in [-0.05, 0) is 32.6 Å². The number of likely N-dealkylation sites (N-methyl/N-ethyl adjacent to an activating group) is 1. The lowest BCUT2D eigenvalue weighted by Gasteiger charge is -2.22. The molecule has 0 aliphatic rings. The van der Waals surface area contributed by atoms with E-state index in [-0.39, 0.29) is 6.61 Å². The van der Waals surface area contributed by atoms with Gasteiger partial charge in [0, 0.05) is 12.6 Å². The number of nitrogens with zero attached hydrogens (tertiary/aromatic N) is 1. The van der Waals surface area contributed by atoms with Gasteiger partial charge in [0.15, 0.2) is 0 Å². The molecular weight excluding hydrogens is 204 g/mol. The Hall–Kier alpha value is -0.840. The van der Waals surface area contributed by atoms with Crippen molar-refractivity contribution in [2.75, 3.05) is 20.6 Å². The van der Waals surface area contributed by atoms with Crippen molar-refractivity contribution in [3.05, 3.63) is 23.7 Å². The zero-order chi connectivity index (χ0) is 12.0. The molecule has 1 aromatic rings. The molecule has 0 amide bonds. The summed E-state index contributed by atoms with van der Waals surface area (Å²) in [5.74, 6) is 1.49. The Kier molecular flexibility index (Phi) is 5.52. The van der Waals surface area contributed by atoms with Gasteiger partial charge in [0.25, 0.3) is 0 Å². The fourth-order valence-electron chi connectivity index (χ4n) is 1.66. The van der Waals surface area contributed by atoms with Crippen LogP contribution in [-0.2, 0) is 13.2 Å². The Morgan fingerprint density at radius 2 is 2.06 bits per heavy atom. The Morgan fingerprint density at radius 3 is 2.56 bits per heavy atom. The van der Waals surface area contributed by atoms with Gasteiger partial charge in [0.2, 0.25) is 0 Å². The molecule has 1 unspecified atom stereocenters. The second-order valence-electron chi connectivity index (χ2n) is 4.18. The van der Waals surface area contributed by atoms with Crippen molar-refractivity contribution >= 4 is 0 Å². The van der Waals surface area contributed by atoms with Gasteiger partial charge in [0.05, 0.1) is 6.54 Å². The molecule has 0 radical (unpaired) electrons. The number of rotatable bonds is 7. The summed E-state index contributed by atoms with van der Waals surface area (Å²) in [5.41, 5.74) is 0. The van der Waals surface area contributed by atoms with Crippen molar-refractivity contribution in [1.29, 1.82) is 0 Å². The second kappa shape index (κ2) is 6.68. The lowest BCUT2D eigenvalue weighted by atomic mass is 10.2. The van der Waals surface area contributed by atoms with Crippen molar-refractivity contribution in [1.82, 2.24) is 10.2 Å². The van der Waals surface area contributed by atoms with Crippen LogP contribution in [0.2, 0.25) is 0 Å². The smallest absolute Gasteiger partial charge is 0.129 e. The highest BCUT2D eigenvalue weighted by molar-refractivity contribution is 5.06. The Labute approximate surface area is 97.2 Å². The summed E-state index contributed by atoms with van der Waals surface area (Å²) in [5, 5.41) is 12.2. The Morgan fingerprint density at radius 1 is 1.38 bits per heavy atom. The van der Waals surface area contributed by atoms with Crippen LogP contribution in [0.3, 0.4) is 0 Å². The van der Waals surface area contributed by atoms with Crippen LogP contribution in [-0.4, -0.2) is 36.7 Å². The van der Waals surface area contributed by atoms with Gasteiger partial charge in [0.1, 0.15) is 18.1 Å². The molecule has 0 aromatic carbocycles. The van der Waals surface area contributed by atoms with Crippen LogP contribution in [0.25, 0.3) is 0 Å². The molecule has 0 saturated heterocycles. The second-order valence-corrected chi connectivity index (χ2v) is 4.18. The highest BCUT2D eigenvalue weighted by Crippen LogP contribution is 2.07. The summed E-state index contributed by atoms with van der Waals surface area (Å²) in [6.07, 6.45) is 1.13. The van der Waals surface area contributed by atoms with Crippen molar-refractivity contribution in [3.8, 4) is 0 Å². The molecule has 0 bridgehead atoms. The van der Waals surface area contributed by atoms with Gasteiger partial charge in [-0.25, -0.2) is 0 Å². The van der Waals surface area contributed by atoms with Crippen LogP contribution in [0.15, 0.2) is 16.5 Å². The molecule has 0 aliphatic carbocycles. The largest absolute Gasteiger partial charge is 0.462 e. The van der Waals surface area contributed by atoms with E-state index in [0.29, 0.717) is 18.3 Å². The first-order chi connectivity index (χ1) is 7.67. The fourth-order valence-corrected chi connectivity index (χ4v) is 1.66. The first-order valence-corrected chi connectivity index (χ1v) is 5.73. The van der Waals surface area contributed by atoms with Crippen LogP contribution in [0.4, 0.5) is 0 Å². The normalized spacial score (nSPS) is 13.3. The van der Waals surface area contributed by atoms with Gasteiger partial charge in [-0.2, -0.15) is 0 Å². The van der Waals surface area contributed by atoms with Crippen LogP contribution < -0.4 is 5.32 Å². The molecule has 16 heavy (non-hydrogen) atoms. The van der Waals surface area contributed by atoms with E-state index in [1.807, 2.05) is 6.07 Å². The topological polar surface area (TPSA) is 48.6 Å². The average Bonchev–Trinajstić information content (AvgIpc) is 2.71. The van der Waals surface area contributed by atoms with E-state index < -0.39 is 0 Å². The minimum atomic E-state index is -0.0325. The van der Waals surface area contributed by atoms with Crippen molar-refractivity contribution in [2.24, 2.45) is 0 Å². The Balaban J connectivity index is 2.29. The first-order valence-electron chi connectivity index (χ1n) is 5.73. The summed E-state index contributed by atoms with van der Waals surface area (Å²) >= 11 is 0. The predicted molar refractivity (Wildman–Crippen MR) is 64.1 cm³/mol. The number of aliphatic hydroxyl groups excluding tert-OH is 1. The highest BCUT2D eigenvalue weighted by atomic mass is 16.4. The Bertz CT molecular complexity index is 297. The van der Waals surface area contributed by atoms with E-state index in [1.165, 1.54) is 0 Å². The van der Waals surface area contributed by atoms with E-state index in [1.54, 1.807) is 6.07 Å². The van der Waals surface area contributed by atoms with Crippen molar-refractivity contribution < 1.29 is 9.52 Å². The number of hydrogen-bond donors (Lipinski definition) is 2. The maximum absolute atomic E-state index is 8.85. The molecule has 2 N–H and O–H groups in total. The summed E-state index contributed by atoms with van der Waals surface area (Å²) in [7, 11) is 4.18. The maximum Gasteiger partial charge on any atom is 0.129 e. The lowest BCUT2D eigenvalue weighted by Crippen LogP contribution is -2.37. The predicted octanol–water partition coefficient (Wildman–Crippen LogP) is 1.20. The number of hydrogen-bond acceptors (Lipinski definition) is 4. The lowest BCUT2D eigenvalue weighted by molar-refractivity contribution is 0.241. The molecule has 4 nitrogen and oxygen atoms in total. The maximum atomic E-state index is 8.85. The molecule has 92 valence electrons. The van der Waals surface area contributed by atoms with Crippen molar-refractivity contribution in [2.45, 2.75) is 32.5 Å². The average molecular weight is 226 g/mol. The minimum absolute atomic E-state index is 0.0325. The van der Waals surface area contributed by atoms with Gasteiger partial charge in [-0.1, -0.05) is 6.92 Å². The zero-order valence-electron chi connectivity index (χ0n) is 10.4. The number of furan rings is 1. The molecule has 1 rings (SSSR count). The van der Waals surface area contributed by atoms with Gasteiger partial charge < -0.3 is 19.7 Å². The van der Waals surface area contributed by atoms with E-state index in [4.69, 9.17) is 9.52 Å². The van der Waals surface area contributed by atoms with Crippen LogP contribution in [0.1, 0.15) is 24.9 Å². The summed E-state index contributed by atoms with van der Waals surface area (Å²) in [6.45, 7) is 3.81. The van der Waals surface area contributed by atoms with Crippen LogP contribution in [0.5, 0.6) is 0 Å². The molecule has 1 heterocycles. The summed E-state index contributed by atoms with van der Waals surface area (Å²) in [4.78, 5) is 2.22. The monoisotopic (exact) mass is 226 g/mol. The van der Waals surface area contributed by atoms with Gasteiger partial charge in [-0.3, -0.25) is 0 Å². The van der Waals surface area contributed by atoms with Crippen molar-refractivity contribution in [3.63, 3.8) is 0 Å². The third-order valence-electron chi connectivity index (χ3n) is 2.75. The van der Waals surface area contributed by atoms with E-state index in [0.717, 1.165) is 18.7 Å². The minimum Gasteiger partial charge on any atom is -0.462 e. The molecule has 1 atom stereocenters. The molecule has 0 spiro atoms. The molecule has 0 saturated carbocycles. The quantitative estimate of drug-likeness (QED) is 0.733. The van der Waals surface area contributed by atoms with E-state index in [9.17, 15) is 0 Å². The van der Waals surface area contributed by atoms with E-state index in [2.05, 4.69) is 31.2 Å². The molecule has 0 aliphatic heterocycles. The number of nitrogens with one attached hydrogen (secondary N) is 1. The SMILES string of the molecule is CCC(CNCc1ccc(CO)o1)N(C)C. The molecule has 0 fully saturated rings. The number of aliphatic hydroxyl groups is 1. The molecular formula is C12H22N2O2. The highest BCUT2D eigenvalue weighted by Gasteiger charge is 2.08. The van der Waals surface area contributed by atoms with Gasteiger partial charge in [-0.15, -0.1) is 0 Å². The molecule has 1 aromatic heterocycles. The third kappa shape index (κ3) is 3.96. The standard InChI is InChI=1S/C12H22N2O2/c1-4-10(14(2)3)7-13-8-11-5-6-12(9-15)16-11/h5-6,10,13,15H,4,7-9H2,1-3H3. The van der Waals surface area contributed by atoms with E-state index >= 15 is 0 Å². The van der Waals surface area contributed by atoms with Gasteiger partial charge >= 0.3 is 0 Å². The zero-order valence-corrected chi connectivity index (χ0v) is 10.4. The van der Waals surface area contributed by atoms with Crippen LogP contribution >= 0.6 is 0 Å².